The van der Waals surface area contributed by atoms with Crippen LogP contribution in [0.3, 0.4) is 0 Å². The molecule has 10 nitrogen and oxygen atoms in total. The van der Waals surface area contributed by atoms with Crippen LogP contribution in [-0.4, -0.2) is 83.9 Å². The topological polar surface area (TPSA) is 117 Å². The number of aromatic hydroxyl groups is 1. The van der Waals surface area contributed by atoms with E-state index in [2.05, 4.69) is 20.4 Å². The molecule has 0 bridgehead atoms. The first-order chi connectivity index (χ1) is 21.9. The standard InChI is InChI=1S/C34H36ClN5O5/c1-24-7-10-27(36-20-24)22-40(14-4-13-39-15-17-44-18-16-39)33(42)23-45-32-12-9-26(28-5-2-3-6-29(28)32)21-37-38-34(43)25-8-11-31(41)30(35)19-25/h2-3,5-12,19-21,41H,4,13-18,22-23H2,1H3,(H,38,43). The Morgan fingerprint density at radius 3 is 2.67 bits per heavy atom. The lowest BCUT2D eigenvalue weighted by atomic mass is 10.0. The number of nitrogens with zero attached hydrogens (tertiary/aromatic N) is 4. The van der Waals surface area contributed by atoms with Crippen molar-refractivity contribution in [2.45, 2.75) is 19.9 Å². The van der Waals surface area contributed by atoms with Crippen LogP contribution in [0.25, 0.3) is 10.8 Å². The minimum atomic E-state index is -0.466. The second-order valence-corrected chi connectivity index (χ2v) is 11.2. The summed E-state index contributed by atoms with van der Waals surface area (Å²) in [7, 11) is 0. The fourth-order valence-electron chi connectivity index (χ4n) is 5.03. The van der Waals surface area contributed by atoms with Gasteiger partial charge in [-0.1, -0.05) is 41.9 Å². The summed E-state index contributed by atoms with van der Waals surface area (Å²) in [5, 5.41) is 15.4. The summed E-state index contributed by atoms with van der Waals surface area (Å²) in [6, 6.07) is 19.4. The number of phenols is 1. The van der Waals surface area contributed by atoms with Crippen molar-refractivity contribution in [2.75, 3.05) is 46.0 Å². The Morgan fingerprint density at radius 1 is 1.11 bits per heavy atom. The molecule has 0 atom stereocenters. The fraction of sp³-hybridized carbons (Fsp3) is 0.294. The number of morpholine rings is 1. The lowest BCUT2D eigenvalue weighted by Gasteiger charge is -2.28. The maximum Gasteiger partial charge on any atom is 0.271 e. The van der Waals surface area contributed by atoms with Crippen molar-refractivity contribution in [1.82, 2.24) is 20.2 Å². The molecule has 0 aliphatic carbocycles. The molecular formula is C34H36ClN5O5. The maximum absolute atomic E-state index is 13.5. The summed E-state index contributed by atoms with van der Waals surface area (Å²) in [6.07, 6.45) is 4.19. The summed E-state index contributed by atoms with van der Waals surface area (Å²) >= 11 is 5.91. The number of pyridine rings is 1. The third-order valence-electron chi connectivity index (χ3n) is 7.53. The Balaban J connectivity index is 1.24. The van der Waals surface area contributed by atoms with E-state index in [-0.39, 0.29) is 28.8 Å². The number of halogens is 1. The highest BCUT2D eigenvalue weighted by molar-refractivity contribution is 6.32. The zero-order valence-electron chi connectivity index (χ0n) is 25.1. The second kappa shape index (κ2) is 15.5. The number of hydrazone groups is 1. The summed E-state index contributed by atoms with van der Waals surface area (Å²) in [4.78, 5) is 34.6. The minimum Gasteiger partial charge on any atom is -0.506 e. The number of aryl methyl sites for hydroxylation is 1. The van der Waals surface area contributed by atoms with E-state index in [9.17, 15) is 14.7 Å². The van der Waals surface area contributed by atoms with Crippen LogP contribution in [0.15, 0.2) is 78.0 Å². The van der Waals surface area contributed by atoms with Crippen LogP contribution in [0, 0.1) is 6.92 Å². The number of carbonyl (C=O) groups is 2. The number of ether oxygens (including phenoxy) is 2. The Morgan fingerprint density at radius 2 is 1.91 bits per heavy atom. The minimum absolute atomic E-state index is 0.0784. The van der Waals surface area contributed by atoms with Crippen LogP contribution >= 0.6 is 11.6 Å². The zero-order valence-corrected chi connectivity index (χ0v) is 25.9. The number of hydrogen-bond acceptors (Lipinski definition) is 8. The maximum atomic E-state index is 13.5. The molecule has 1 saturated heterocycles. The van der Waals surface area contributed by atoms with Crippen molar-refractivity contribution < 1.29 is 24.2 Å². The molecule has 4 aromatic rings. The molecule has 1 aliphatic heterocycles. The highest BCUT2D eigenvalue weighted by atomic mass is 35.5. The van der Waals surface area contributed by atoms with E-state index >= 15 is 0 Å². The highest BCUT2D eigenvalue weighted by Crippen LogP contribution is 2.28. The van der Waals surface area contributed by atoms with E-state index < -0.39 is 5.91 Å². The molecule has 0 spiro atoms. The SMILES string of the molecule is Cc1ccc(CN(CCCN2CCOCC2)C(=O)COc2ccc(C=NNC(=O)c3ccc(O)c(Cl)c3)c3ccccc23)nc1. The molecule has 1 fully saturated rings. The smallest absolute Gasteiger partial charge is 0.271 e. The first-order valence-electron chi connectivity index (χ1n) is 14.8. The lowest BCUT2D eigenvalue weighted by Crippen LogP contribution is -2.40. The molecule has 0 unspecified atom stereocenters. The van der Waals surface area contributed by atoms with E-state index in [1.165, 1.54) is 18.2 Å². The molecular weight excluding hydrogens is 594 g/mol. The average Bonchev–Trinajstić information content (AvgIpc) is 3.06. The molecule has 1 aliphatic rings. The number of carbonyl (C=O) groups excluding carboxylic acids is 2. The second-order valence-electron chi connectivity index (χ2n) is 10.8. The van der Waals surface area contributed by atoms with E-state index in [0.29, 0.717) is 18.8 Å². The normalized spacial score (nSPS) is 13.6. The van der Waals surface area contributed by atoms with E-state index in [1.54, 1.807) is 12.3 Å². The Hall–Kier alpha value is -4.51. The predicted molar refractivity (Wildman–Crippen MR) is 174 cm³/mol. The summed E-state index contributed by atoms with van der Waals surface area (Å²) < 4.78 is 11.6. The van der Waals surface area contributed by atoms with Gasteiger partial charge in [-0.05, 0) is 60.7 Å². The molecule has 0 radical (unpaired) electrons. The van der Waals surface area contributed by atoms with Crippen LogP contribution in [0.5, 0.6) is 11.5 Å². The van der Waals surface area contributed by atoms with Crippen molar-refractivity contribution in [1.29, 1.82) is 0 Å². The molecule has 2 heterocycles. The van der Waals surface area contributed by atoms with Gasteiger partial charge in [0.1, 0.15) is 11.5 Å². The number of hydrogen-bond donors (Lipinski definition) is 2. The first-order valence-corrected chi connectivity index (χ1v) is 15.2. The van der Waals surface area contributed by atoms with Gasteiger partial charge in [0.25, 0.3) is 11.8 Å². The predicted octanol–water partition coefficient (Wildman–Crippen LogP) is 4.80. The molecule has 2 amide bonds. The van der Waals surface area contributed by atoms with Crippen molar-refractivity contribution in [3.63, 3.8) is 0 Å². The number of nitrogens with one attached hydrogen (secondary N) is 1. The van der Waals surface area contributed by atoms with Gasteiger partial charge in [-0.2, -0.15) is 5.10 Å². The van der Waals surface area contributed by atoms with Gasteiger partial charge in [-0.25, -0.2) is 5.43 Å². The van der Waals surface area contributed by atoms with Gasteiger partial charge in [-0.15, -0.1) is 0 Å². The number of aromatic nitrogens is 1. The van der Waals surface area contributed by atoms with Gasteiger partial charge in [-0.3, -0.25) is 19.5 Å². The monoisotopic (exact) mass is 629 g/mol. The van der Waals surface area contributed by atoms with Crippen molar-refractivity contribution in [2.24, 2.45) is 5.10 Å². The number of benzene rings is 3. The van der Waals surface area contributed by atoms with Gasteiger partial charge in [0.05, 0.1) is 36.7 Å². The van der Waals surface area contributed by atoms with E-state index in [1.807, 2.05) is 60.5 Å². The van der Waals surface area contributed by atoms with Crippen molar-refractivity contribution >= 4 is 40.4 Å². The zero-order chi connectivity index (χ0) is 31.6. The highest BCUT2D eigenvalue weighted by Gasteiger charge is 2.18. The molecule has 1 aromatic heterocycles. The molecule has 45 heavy (non-hydrogen) atoms. The number of phenolic OH excluding ortho intramolecular Hbond substituents is 1. The summed E-state index contributed by atoms with van der Waals surface area (Å²) in [6.45, 7) is 7.06. The van der Waals surface area contributed by atoms with Crippen LogP contribution in [-0.2, 0) is 16.1 Å². The van der Waals surface area contributed by atoms with Gasteiger partial charge in [0.15, 0.2) is 6.61 Å². The van der Waals surface area contributed by atoms with Crippen molar-refractivity contribution in [3.05, 3.63) is 100 Å². The average molecular weight is 630 g/mol. The summed E-state index contributed by atoms with van der Waals surface area (Å²) in [5.41, 5.74) is 5.40. The van der Waals surface area contributed by atoms with Gasteiger partial charge in [0.2, 0.25) is 0 Å². The molecule has 3 aromatic carbocycles. The molecule has 11 heteroatoms. The largest absolute Gasteiger partial charge is 0.506 e. The van der Waals surface area contributed by atoms with Gasteiger partial charge >= 0.3 is 0 Å². The fourth-order valence-corrected chi connectivity index (χ4v) is 5.21. The third-order valence-corrected chi connectivity index (χ3v) is 7.84. The molecule has 5 rings (SSSR count). The number of rotatable bonds is 12. The van der Waals surface area contributed by atoms with Crippen LogP contribution in [0.1, 0.15) is 33.6 Å². The van der Waals surface area contributed by atoms with Crippen LogP contribution in [0.2, 0.25) is 5.02 Å². The first kappa shape index (κ1) is 31.9. The van der Waals surface area contributed by atoms with E-state index in [0.717, 1.165) is 66.9 Å². The quantitative estimate of drug-likeness (QED) is 0.171. The Bertz CT molecular complexity index is 1660. The third kappa shape index (κ3) is 8.78. The lowest BCUT2D eigenvalue weighted by molar-refractivity contribution is -0.134. The summed E-state index contributed by atoms with van der Waals surface area (Å²) in [5.74, 6) is -0.120. The van der Waals surface area contributed by atoms with Crippen LogP contribution in [0.4, 0.5) is 0 Å². The van der Waals surface area contributed by atoms with Crippen LogP contribution < -0.4 is 10.2 Å². The van der Waals surface area contributed by atoms with Gasteiger partial charge < -0.3 is 19.5 Å². The molecule has 2 N–H and O–H groups in total. The molecule has 0 saturated carbocycles. The van der Waals surface area contributed by atoms with Crippen molar-refractivity contribution in [3.8, 4) is 11.5 Å². The Kier molecular flexibility index (Phi) is 11.0. The molecule has 234 valence electrons. The van der Waals surface area contributed by atoms with E-state index in [4.69, 9.17) is 21.1 Å². The van der Waals surface area contributed by atoms with Gasteiger partial charge in [0, 0.05) is 48.9 Å². The number of amides is 2. The Labute approximate surface area is 267 Å². The number of fused-ring (bicyclic) bond motifs is 1.